The van der Waals surface area contributed by atoms with Gasteiger partial charge < -0.3 is 29.9 Å². The van der Waals surface area contributed by atoms with E-state index in [-0.39, 0.29) is 18.5 Å². The molecule has 2 amide bonds. The van der Waals surface area contributed by atoms with Crippen LogP contribution in [0.4, 0.5) is 33.6 Å². The number of methoxy groups -OCH3 is 1. The van der Waals surface area contributed by atoms with Crippen molar-refractivity contribution in [3.05, 3.63) is 72.9 Å². The second-order valence-electron chi connectivity index (χ2n) is 8.95. The first kappa shape index (κ1) is 28.9. The van der Waals surface area contributed by atoms with Gasteiger partial charge in [-0.15, -0.1) is 0 Å². The second kappa shape index (κ2) is 13.8. The van der Waals surface area contributed by atoms with Gasteiger partial charge in [0.25, 0.3) is 0 Å². The second-order valence-corrected chi connectivity index (χ2v) is 8.95. The number of hydrogen-bond donors (Lipinski definition) is 2. The van der Waals surface area contributed by atoms with E-state index in [9.17, 15) is 9.59 Å². The monoisotopic (exact) mass is 533 g/mol. The third-order valence-electron chi connectivity index (χ3n) is 5.76. The SMILES string of the molecule is C=CC(=O)Nc1cc(Nc2nccc(N(C)C(=O)OCc3ccccc3)n2)c(OC)cc1N(C)CCN(C)C. The number of anilines is 5. The van der Waals surface area contributed by atoms with Gasteiger partial charge in [-0.05, 0) is 37.9 Å². The normalized spacial score (nSPS) is 10.5. The van der Waals surface area contributed by atoms with Gasteiger partial charge in [0.1, 0.15) is 18.2 Å². The molecule has 0 spiro atoms. The molecule has 0 aliphatic heterocycles. The topological polar surface area (TPSA) is 112 Å². The van der Waals surface area contributed by atoms with Crippen LogP contribution in [0.2, 0.25) is 0 Å². The fourth-order valence-electron chi connectivity index (χ4n) is 3.53. The maximum atomic E-state index is 12.6. The Morgan fingerprint density at radius 3 is 2.44 bits per heavy atom. The summed E-state index contributed by atoms with van der Waals surface area (Å²) in [5, 5.41) is 5.99. The van der Waals surface area contributed by atoms with Crippen LogP contribution >= 0.6 is 0 Å². The molecule has 2 aromatic carbocycles. The van der Waals surface area contributed by atoms with E-state index in [1.807, 2.05) is 62.4 Å². The van der Waals surface area contributed by atoms with Crippen molar-refractivity contribution < 1.29 is 19.1 Å². The summed E-state index contributed by atoms with van der Waals surface area (Å²) < 4.78 is 11.0. The minimum Gasteiger partial charge on any atom is -0.494 e. The molecule has 1 heterocycles. The van der Waals surface area contributed by atoms with E-state index in [0.29, 0.717) is 22.9 Å². The highest BCUT2D eigenvalue weighted by Gasteiger charge is 2.18. The summed E-state index contributed by atoms with van der Waals surface area (Å²) in [6, 6.07) is 14.6. The highest BCUT2D eigenvalue weighted by atomic mass is 16.6. The Morgan fingerprint density at radius 2 is 1.77 bits per heavy atom. The minimum absolute atomic E-state index is 0.145. The molecule has 0 fully saturated rings. The molecule has 2 N–H and O–H groups in total. The van der Waals surface area contributed by atoms with Gasteiger partial charge in [-0.2, -0.15) is 4.98 Å². The lowest BCUT2D eigenvalue weighted by molar-refractivity contribution is -0.111. The fraction of sp³-hybridized carbons (Fsp3) is 0.286. The van der Waals surface area contributed by atoms with Gasteiger partial charge >= 0.3 is 6.09 Å². The Morgan fingerprint density at radius 1 is 1.03 bits per heavy atom. The molecule has 3 rings (SSSR count). The van der Waals surface area contributed by atoms with E-state index in [1.54, 1.807) is 26.3 Å². The number of carbonyl (C=O) groups excluding carboxylic acids is 2. The molecule has 0 saturated heterocycles. The lowest BCUT2D eigenvalue weighted by Gasteiger charge is -2.26. The number of amides is 2. The van der Waals surface area contributed by atoms with Crippen LogP contribution in [0.5, 0.6) is 5.75 Å². The predicted molar refractivity (Wildman–Crippen MR) is 154 cm³/mol. The molecule has 11 nitrogen and oxygen atoms in total. The van der Waals surface area contributed by atoms with Crippen LogP contribution in [0, 0.1) is 0 Å². The number of hydrogen-bond acceptors (Lipinski definition) is 9. The number of aromatic nitrogens is 2. The molecule has 3 aromatic rings. The van der Waals surface area contributed by atoms with Gasteiger partial charge in [0, 0.05) is 39.4 Å². The maximum absolute atomic E-state index is 12.6. The molecule has 39 heavy (non-hydrogen) atoms. The van der Waals surface area contributed by atoms with Crippen LogP contribution in [-0.4, -0.2) is 75.3 Å². The van der Waals surface area contributed by atoms with Crippen LogP contribution in [0.25, 0.3) is 0 Å². The van der Waals surface area contributed by atoms with E-state index >= 15 is 0 Å². The zero-order chi connectivity index (χ0) is 28.4. The van der Waals surface area contributed by atoms with E-state index in [4.69, 9.17) is 9.47 Å². The van der Waals surface area contributed by atoms with Crippen LogP contribution < -0.4 is 25.2 Å². The molecule has 0 saturated carbocycles. The number of ether oxygens (including phenoxy) is 2. The van der Waals surface area contributed by atoms with Crippen molar-refractivity contribution in [1.82, 2.24) is 14.9 Å². The predicted octanol–water partition coefficient (Wildman–Crippen LogP) is 4.12. The molecule has 0 radical (unpaired) electrons. The molecule has 0 aliphatic rings. The highest BCUT2D eigenvalue weighted by molar-refractivity contribution is 6.02. The molecule has 0 atom stereocenters. The summed E-state index contributed by atoms with van der Waals surface area (Å²) >= 11 is 0. The average Bonchev–Trinajstić information content (AvgIpc) is 2.94. The number of benzene rings is 2. The molecular formula is C28H35N7O4. The first-order valence-corrected chi connectivity index (χ1v) is 12.3. The number of carbonyl (C=O) groups is 2. The molecule has 0 bridgehead atoms. The number of likely N-dealkylation sites (N-methyl/N-ethyl adjacent to an activating group) is 2. The lowest BCUT2D eigenvalue weighted by atomic mass is 10.2. The van der Waals surface area contributed by atoms with Gasteiger partial charge in [-0.25, -0.2) is 9.78 Å². The Kier molecular flexibility index (Phi) is 10.2. The number of nitrogens with zero attached hydrogens (tertiary/aromatic N) is 5. The fourth-order valence-corrected chi connectivity index (χ4v) is 3.53. The Labute approximate surface area is 229 Å². The van der Waals surface area contributed by atoms with Crippen LogP contribution in [0.1, 0.15) is 5.56 Å². The van der Waals surface area contributed by atoms with E-state index in [2.05, 4.69) is 32.1 Å². The van der Waals surface area contributed by atoms with Crippen molar-refractivity contribution in [2.24, 2.45) is 0 Å². The number of nitrogens with one attached hydrogen (secondary N) is 2. The van der Waals surface area contributed by atoms with Gasteiger partial charge in [-0.1, -0.05) is 36.9 Å². The van der Waals surface area contributed by atoms with Crippen LogP contribution in [0.15, 0.2) is 67.4 Å². The maximum Gasteiger partial charge on any atom is 0.415 e. The summed E-state index contributed by atoms with van der Waals surface area (Å²) in [6.07, 6.45) is 2.18. The third kappa shape index (κ3) is 8.17. The summed E-state index contributed by atoms with van der Waals surface area (Å²) in [4.78, 5) is 38.9. The Bertz CT molecular complexity index is 1280. The minimum atomic E-state index is -0.555. The summed E-state index contributed by atoms with van der Waals surface area (Å²) in [7, 11) is 9.06. The Balaban J connectivity index is 1.83. The molecular weight excluding hydrogens is 498 g/mol. The third-order valence-corrected chi connectivity index (χ3v) is 5.76. The quantitative estimate of drug-likeness (QED) is 0.332. The van der Waals surface area contributed by atoms with Gasteiger partial charge in [0.05, 0.1) is 24.2 Å². The van der Waals surface area contributed by atoms with E-state index < -0.39 is 6.09 Å². The lowest BCUT2D eigenvalue weighted by Crippen LogP contribution is -2.29. The Hall–Kier alpha value is -4.64. The van der Waals surface area contributed by atoms with Gasteiger partial charge in [0.2, 0.25) is 11.9 Å². The highest BCUT2D eigenvalue weighted by Crippen LogP contribution is 2.38. The molecule has 0 aliphatic carbocycles. The average molecular weight is 534 g/mol. The van der Waals surface area contributed by atoms with Crippen molar-refractivity contribution in [2.75, 3.05) is 68.8 Å². The molecule has 0 unspecified atom stereocenters. The first-order valence-electron chi connectivity index (χ1n) is 12.3. The molecule has 206 valence electrons. The van der Waals surface area contributed by atoms with E-state index in [0.717, 1.165) is 24.3 Å². The van der Waals surface area contributed by atoms with Crippen LogP contribution in [0.3, 0.4) is 0 Å². The van der Waals surface area contributed by atoms with Crippen molar-refractivity contribution in [3.8, 4) is 5.75 Å². The van der Waals surface area contributed by atoms with Gasteiger partial charge in [-0.3, -0.25) is 9.69 Å². The standard InChI is InChI=1S/C28H35N7O4/c1-7-26(36)30-21-17-22(24(38-6)18-23(21)34(4)16-15-33(2)3)31-27-29-14-13-25(32-27)35(5)28(37)39-19-20-11-9-8-10-12-20/h7-14,17-18H,1,15-16,19H2,2-6H3,(H,30,36)(H,29,31,32). The summed E-state index contributed by atoms with van der Waals surface area (Å²) in [6.45, 7) is 5.23. The molecule has 1 aromatic heterocycles. The first-order chi connectivity index (χ1) is 18.7. The van der Waals surface area contributed by atoms with Crippen molar-refractivity contribution >= 4 is 40.8 Å². The van der Waals surface area contributed by atoms with Crippen molar-refractivity contribution in [1.29, 1.82) is 0 Å². The zero-order valence-corrected chi connectivity index (χ0v) is 23.0. The zero-order valence-electron chi connectivity index (χ0n) is 23.0. The van der Waals surface area contributed by atoms with E-state index in [1.165, 1.54) is 17.2 Å². The van der Waals surface area contributed by atoms with Crippen LogP contribution in [-0.2, 0) is 16.1 Å². The number of rotatable bonds is 12. The van der Waals surface area contributed by atoms with Crippen molar-refractivity contribution in [3.63, 3.8) is 0 Å². The summed E-state index contributed by atoms with van der Waals surface area (Å²) in [5.74, 6) is 0.734. The van der Waals surface area contributed by atoms with Gasteiger partial charge in [0.15, 0.2) is 0 Å². The largest absolute Gasteiger partial charge is 0.494 e. The molecule has 11 heteroatoms. The van der Waals surface area contributed by atoms with Crippen molar-refractivity contribution in [2.45, 2.75) is 6.61 Å². The smallest absolute Gasteiger partial charge is 0.415 e. The summed E-state index contributed by atoms with van der Waals surface area (Å²) in [5.41, 5.74) is 2.73.